The molecule has 0 aliphatic carbocycles. The molecule has 144 valence electrons. The van der Waals surface area contributed by atoms with Gasteiger partial charge in [-0.05, 0) is 0 Å². The zero-order valence-electron chi connectivity index (χ0n) is 14.2. The third kappa shape index (κ3) is 3.78. The first kappa shape index (κ1) is 18.9. The molecule has 2 aliphatic rings. The fourth-order valence-corrected chi connectivity index (χ4v) is 8.97. The fourth-order valence-electron chi connectivity index (χ4n) is 2.92. The standard InChI is InChI=1S/C15H13N2.C5H5ClN.2ClH.Pd/c1-3-7-14(8-4-1)16-11-12-17(13-16)15-9-5-2-6-10-15;6-5-2-1-3-7-4-5;;;/h1-13H;1-3H,4H2;2*1H;/q;-1;;;+3/p-2. The van der Waals surface area contributed by atoms with Gasteiger partial charge in [-0.2, -0.15) is 0 Å². The Balaban J connectivity index is 1.75. The number of anilines is 2. The number of halogens is 3. The molecule has 27 heavy (non-hydrogen) atoms. The number of para-hydroxylation sites is 2. The van der Waals surface area contributed by atoms with E-state index in [1.165, 1.54) is 0 Å². The number of nitrogens with zero attached hydrogens (tertiary/aromatic N) is 3. The minimum absolute atomic E-state index is 0.241. The Morgan fingerprint density at radius 2 is 1.30 bits per heavy atom. The molecular formula is C20H18Cl3N3Pd. The number of hydrogen-bond donors (Lipinski definition) is 0. The Morgan fingerprint density at radius 3 is 1.78 bits per heavy atom. The third-order valence-corrected chi connectivity index (χ3v) is 11.0. The number of rotatable bonds is 4. The van der Waals surface area contributed by atoms with E-state index in [0.717, 1.165) is 16.4 Å². The Kier molecular flexibility index (Phi) is 5.55. The van der Waals surface area contributed by atoms with Crippen LogP contribution in [-0.2, 0) is 13.7 Å². The molecule has 2 aromatic rings. The molecule has 0 spiro atoms. The van der Waals surface area contributed by atoms with Gasteiger partial charge < -0.3 is 0 Å². The van der Waals surface area contributed by atoms with Crippen molar-refractivity contribution in [3.63, 3.8) is 0 Å². The summed E-state index contributed by atoms with van der Waals surface area (Å²) < 4.78 is 1.76. The van der Waals surface area contributed by atoms with Gasteiger partial charge in [0.05, 0.1) is 0 Å². The molecule has 0 aromatic heterocycles. The molecule has 0 fully saturated rings. The summed E-state index contributed by atoms with van der Waals surface area (Å²) in [5, 5.41) is 0.724. The van der Waals surface area contributed by atoms with Crippen LogP contribution in [0.25, 0.3) is 0 Å². The maximum atomic E-state index is 7.16. The Morgan fingerprint density at radius 1 is 0.778 bits per heavy atom. The van der Waals surface area contributed by atoms with Crippen LogP contribution in [0.15, 0.2) is 96.4 Å². The van der Waals surface area contributed by atoms with Crippen LogP contribution < -0.4 is 9.80 Å². The fraction of sp³-hybridized carbons (Fsp3) is 0.100. The van der Waals surface area contributed by atoms with E-state index >= 15 is 0 Å². The van der Waals surface area contributed by atoms with Crippen molar-refractivity contribution in [1.82, 2.24) is 3.53 Å². The molecule has 0 N–H and O–H groups in total. The average molecular weight is 513 g/mol. The van der Waals surface area contributed by atoms with Crippen molar-refractivity contribution in [2.45, 2.75) is 4.64 Å². The number of hydrogen-bond acceptors (Lipinski definition) is 3. The molecule has 0 radical (unpaired) electrons. The average Bonchev–Trinajstić information content (AvgIpc) is 3.15. The monoisotopic (exact) mass is 511 g/mol. The molecule has 3 nitrogen and oxygen atoms in total. The summed E-state index contributed by atoms with van der Waals surface area (Å²) in [4.78, 5) is 4.29. The van der Waals surface area contributed by atoms with Crippen LogP contribution in [0.1, 0.15) is 0 Å². The van der Waals surface area contributed by atoms with Crippen molar-refractivity contribution < 1.29 is 13.7 Å². The second kappa shape index (κ2) is 7.91. The van der Waals surface area contributed by atoms with E-state index in [0.29, 0.717) is 6.54 Å². The molecule has 2 heterocycles. The molecule has 0 unspecified atom stereocenters. The van der Waals surface area contributed by atoms with E-state index in [2.05, 4.69) is 34.1 Å². The summed E-state index contributed by atoms with van der Waals surface area (Å²) in [6, 6.07) is 20.3. The van der Waals surface area contributed by atoms with E-state index in [-0.39, 0.29) is 4.64 Å². The van der Waals surface area contributed by atoms with Crippen molar-refractivity contribution >= 4 is 42.0 Å². The number of benzene rings is 2. The topological polar surface area (TPSA) is 9.72 Å². The van der Waals surface area contributed by atoms with Gasteiger partial charge in [0.2, 0.25) is 0 Å². The zero-order valence-corrected chi connectivity index (χ0v) is 18.1. The van der Waals surface area contributed by atoms with Crippen LogP contribution in [0.2, 0.25) is 0 Å². The summed E-state index contributed by atoms with van der Waals surface area (Å²) in [6.07, 6.45) is 9.77. The predicted molar refractivity (Wildman–Crippen MR) is 112 cm³/mol. The van der Waals surface area contributed by atoms with Crippen molar-refractivity contribution in [3.05, 3.63) is 96.4 Å². The van der Waals surface area contributed by atoms with Crippen LogP contribution in [0.4, 0.5) is 11.4 Å². The molecule has 2 aliphatic heterocycles. The number of allylic oxidation sites excluding steroid dienone is 2. The SMILES string of the molecule is ClC1=CC=C[N]([Pd]([Cl])([Cl])[CH]2N(c3ccccc3)C=CN2c2ccccc2)C1. The van der Waals surface area contributed by atoms with Gasteiger partial charge in [0, 0.05) is 0 Å². The molecule has 0 bridgehead atoms. The summed E-state index contributed by atoms with van der Waals surface area (Å²) >= 11 is 3.07. The van der Waals surface area contributed by atoms with Crippen LogP contribution >= 0.6 is 30.7 Å². The Hall–Kier alpha value is -1.41. The molecule has 0 saturated carbocycles. The Labute approximate surface area is 176 Å². The molecular weight excluding hydrogens is 495 g/mol. The summed E-state index contributed by atoms with van der Waals surface area (Å²) in [7, 11) is 14.3. The van der Waals surface area contributed by atoms with Gasteiger partial charge in [-0.3, -0.25) is 0 Å². The normalized spacial score (nSPS) is 18.2. The van der Waals surface area contributed by atoms with Crippen molar-refractivity contribution in [2.75, 3.05) is 16.3 Å². The van der Waals surface area contributed by atoms with E-state index < -0.39 is 13.7 Å². The Bertz CT molecular complexity index is 834. The van der Waals surface area contributed by atoms with Gasteiger partial charge >= 0.3 is 177 Å². The van der Waals surface area contributed by atoms with Crippen molar-refractivity contribution in [3.8, 4) is 0 Å². The van der Waals surface area contributed by atoms with Gasteiger partial charge in [-0.25, -0.2) is 0 Å². The second-order valence-electron chi connectivity index (χ2n) is 5.91. The minimum atomic E-state index is -3.19. The molecule has 7 heteroatoms. The first-order valence-corrected chi connectivity index (χ1v) is 14.2. The zero-order chi connectivity index (χ0) is 18.9. The van der Waals surface area contributed by atoms with Crippen molar-refractivity contribution in [1.29, 1.82) is 0 Å². The summed E-state index contributed by atoms with van der Waals surface area (Å²) in [5.41, 5.74) is 2.09. The van der Waals surface area contributed by atoms with Gasteiger partial charge in [-0.1, -0.05) is 0 Å². The molecule has 0 saturated heterocycles. The quantitative estimate of drug-likeness (QED) is 0.458. The predicted octanol–water partition coefficient (Wildman–Crippen LogP) is 6.10. The van der Waals surface area contributed by atoms with Gasteiger partial charge in [-0.15, -0.1) is 0 Å². The first-order chi connectivity index (χ1) is 13.1. The summed E-state index contributed by atoms with van der Waals surface area (Å²) in [6.45, 7) is 0.518. The van der Waals surface area contributed by atoms with E-state index in [9.17, 15) is 0 Å². The molecule has 2 aromatic carbocycles. The molecule has 0 amide bonds. The van der Waals surface area contributed by atoms with E-state index in [1.807, 2.05) is 70.7 Å². The van der Waals surface area contributed by atoms with Crippen LogP contribution in [0, 0.1) is 0 Å². The first-order valence-electron chi connectivity index (χ1n) is 8.27. The third-order valence-electron chi connectivity index (χ3n) is 4.17. The van der Waals surface area contributed by atoms with Crippen LogP contribution in [0.3, 0.4) is 0 Å². The molecule has 4 rings (SSSR count). The summed E-state index contributed by atoms with van der Waals surface area (Å²) in [5.74, 6) is 0. The van der Waals surface area contributed by atoms with Gasteiger partial charge in [0.1, 0.15) is 0 Å². The maximum absolute atomic E-state index is 7.16. The molecule has 0 atom stereocenters. The van der Waals surface area contributed by atoms with Crippen LogP contribution in [0.5, 0.6) is 0 Å². The van der Waals surface area contributed by atoms with Gasteiger partial charge in [0.15, 0.2) is 0 Å². The second-order valence-corrected chi connectivity index (χ2v) is 15.0. The van der Waals surface area contributed by atoms with E-state index in [4.69, 9.17) is 30.7 Å². The van der Waals surface area contributed by atoms with Crippen molar-refractivity contribution in [2.24, 2.45) is 0 Å². The van der Waals surface area contributed by atoms with Crippen LogP contribution in [-0.4, -0.2) is 14.7 Å². The van der Waals surface area contributed by atoms with Gasteiger partial charge in [0.25, 0.3) is 0 Å². The van der Waals surface area contributed by atoms with E-state index in [1.54, 1.807) is 0 Å².